The number of halogens is 1. The molecule has 1 aromatic heterocycles. The molecule has 1 amide bonds. The predicted octanol–water partition coefficient (Wildman–Crippen LogP) is 5.73. The third-order valence-corrected chi connectivity index (χ3v) is 8.01. The van der Waals surface area contributed by atoms with E-state index < -0.39 is 0 Å². The van der Waals surface area contributed by atoms with Crippen LogP contribution in [0, 0.1) is 11.7 Å². The van der Waals surface area contributed by atoms with Crippen LogP contribution in [-0.4, -0.2) is 51.2 Å². The van der Waals surface area contributed by atoms with E-state index in [1.807, 2.05) is 35.0 Å². The number of fused-ring (bicyclic) bond motifs is 1. The Morgan fingerprint density at radius 3 is 2.50 bits per heavy atom. The summed E-state index contributed by atoms with van der Waals surface area (Å²) in [6.45, 7) is 3.40. The molecule has 4 aromatic rings. The van der Waals surface area contributed by atoms with Gasteiger partial charge in [-0.25, -0.2) is 9.07 Å². The zero-order chi connectivity index (χ0) is 25.9. The molecular formula is C32H33FN4O. The number of carbonyl (C=O) groups is 1. The molecule has 3 aromatic carbocycles. The van der Waals surface area contributed by atoms with E-state index in [-0.39, 0.29) is 17.8 Å². The molecule has 2 aliphatic rings. The molecule has 0 spiro atoms. The Labute approximate surface area is 223 Å². The molecule has 0 radical (unpaired) electrons. The molecular weight excluding hydrogens is 475 g/mol. The number of rotatable bonds is 7. The number of benzene rings is 3. The van der Waals surface area contributed by atoms with E-state index in [4.69, 9.17) is 5.10 Å². The second-order valence-corrected chi connectivity index (χ2v) is 10.5. The maximum Gasteiger partial charge on any atom is 0.222 e. The molecule has 2 atom stereocenters. The molecule has 0 aliphatic carbocycles. The van der Waals surface area contributed by atoms with Crippen LogP contribution in [0.5, 0.6) is 0 Å². The van der Waals surface area contributed by atoms with Crippen LogP contribution < -0.4 is 0 Å². The molecule has 0 unspecified atom stereocenters. The zero-order valence-corrected chi connectivity index (χ0v) is 21.5. The number of carbonyl (C=O) groups excluding carboxylic acids is 1. The Hall–Kier alpha value is -3.77. The van der Waals surface area contributed by atoms with E-state index in [0.29, 0.717) is 25.3 Å². The Morgan fingerprint density at radius 2 is 1.71 bits per heavy atom. The van der Waals surface area contributed by atoms with E-state index in [1.165, 1.54) is 11.6 Å². The molecule has 2 aliphatic heterocycles. The summed E-state index contributed by atoms with van der Waals surface area (Å²) < 4.78 is 15.6. The molecule has 38 heavy (non-hydrogen) atoms. The number of para-hydroxylation sites is 1. The van der Waals surface area contributed by atoms with Gasteiger partial charge in [0.05, 0.1) is 11.4 Å². The van der Waals surface area contributed by atoms with Crippen molar-refractivity contribution in [1.82, 2.24) is 19.6 Å². The number of piperidine rings is 2. The van der Waals surface area contributed by atoms with Crippen molar-refractivity contribution in [2.75, 3.05) is 19.6 Å². The maximum atomic E-state index is 13.6. The first-order valence-corrected chi connectivity index (χ1v) is 13.6. The summed E-state index contributed by atoms with van der Waals surface area (Å²) in [6.07, 6.45) is 5.35. The smallest absolute Gasteiger partial charge is 0.222 e. The predicted molar refractivity (Wildman–Crippen MR) is 147 cm³/mol. The maximum absolute atomic E-state index is 13.6. The van der Waals surface area contributed by atoms with Gasteiger partial charge >= 0.3 is 0 Å². The Morgan fingerprint density at radius 1 is 0.921 bits per heavy atom. The molecule has 5 nitrogen and oxygen atoms in total. The van der Waals surface area contributed by atoms with Gasteiger partial charge in [-0.3, -0.25) is 9.69 Å². The van der Waals surface area contributed by atoms with E-state index >= 15 is 0 Å². The highest BCUT2D eigenvalue weighted by Gasteiger charge is 2.39. The highest BCUT2D eigenvalue weighted by atomic mass is 19.1. The molecule has 3 heterocycles. The van der Waals surface area contributed by atoms with Crippen LogP contribution in [0.4, 0.5) is 4.39 Å². The van der Waals surface area contributed by atoms with Crippen LogP contribution >= 0.6 is 0 Å². The lowest BCUT2D eigenvalue weighted by Gasteiger charge is -2.47. The lowest BCUT2D eigenvalue weighted by molar-refractivity contribution is -0.141. The van der Waals surface area contributed by atoms with Crippen LogP contribution in [0.15, 0.2) is 91.1 Å². The fourth-order valence-corrected chi connectivity index (χ4v) is 6.12. The lowest BCUT2D eigenvalue weighted by Crippen LogP contribution is -2.56. The summed E-state index contributed by atoms with van der Waals surface area (Å²) >= 11 is 0. The minimum atomic E-state index is -0.218. The van der Waals surface area contributed by atoms with Crippen molar-refractivity contribution in [2.45, 2.75) is 38.3 Å². The second-order valence-electron chi connectivity index (χ2n) is 10.5. The van der Waals surface area contributed by atoms with Crippen molar-refractivity contribution in [3.8, 4) is 16.9 Å². The SMILES string of the molecule is O=C1CC[C@@H]2CN(Cc3cn(-c4ccccc4)nc3-c3ccccc3)CC[C@@H]2N1CCc1cccc(F)c1. The summed E-state index contributed by atoms with van der Waals surface area (Å²) in [5, 5.41) is 4.99. The average Bonchev–Trinajstić information content (AvgIpc) is 3.37. The first kappa shape index (κ1) is 24.6. The fourth-order valence-electron chi connectivity index (χ4n) is 6.12. The van der Waals surface area contributed by atoms with Crippen LogP contribution in [0.25, 0.3) is 16.9 Å². The van der Waals surface area contributed by atoms with Crippen LogP contribution in [0.1, 0.15) is 30.4 Å². The zero-order valence-electron chi connectivity index (χ0n) is 21.5. The molecule has 194 valence electrons. The van der Waals surface area contributed by atoms with Crippen molar-refractivity contribution in [3.63, 3.8) is 0 Å². The summed E-state index contributed by atoms with van der Waals surface area (Å²) in [5.74, 6) is 0.481. The minimum absolute atomic E-state index is 0.218. The van der Waals surface area contributed by atoms with E-state index in [9.17, 15) is 9.18 Å². The molecule has 2 fully saturated rings. The first-order valence-electron chi connectivity index (χ1n) is 13.6. The van der Waals surface area contributed by atoms with Gasteiger partial charge in [0.15, 0.2) is 0 Å². The quantitative estimate of drug-likeness (QED) is 0.320. The number of hydrogen-bond donors (Lipinski definition) is 0. The van der Waals surface area contributed by atoms with Crippen molar-refractivity contribution in [1.29, 1.82) is 0 Å². The Bertz CT molecular complexity index is 1390. The fraction of sp³-hybridized carbons (Fsp3) is 0.312. The lowest BCUT2D eigenvalue weighted by atomic mass is 9.83. The standard InChI is InChI=1S/C32H33FN4O/c33-28-11-7-8-24(20-28)16-19-36-30-17-18-35(21-26(30)14-15-31(36)38)22-27-23-37(29-12-5-2-6-13-29)34-32(27)25-9-3-1-4-10-25/h1-13,20,23,26,30H,14-19,21-22H2/t26-,30+/m1/s1. The van der Waals surface area contributed by atoms with Crippen LogP contribution in [0.2, 0.25) is 0 Å². The van der Waals surface area contributed by atoms with Gasteiger partial charge in [-0.2, -0.15) is 5.10 Å². The summed E-state index contributed by atoms with van der Waals surface area (Å²) in [7, 11) is 0. The Kier molecular flexibility index (Phi) is 7.06. The Balaban J connectivity index is 1.17. The van der Waals surface area contributed by atoms with Gasteiger partial charge in [-0.1, -0.05) is 60.7 Å². The third kappa shape index (κ3) is 5.27. The monoisotopic (exact) mass is 508 g/mol. The molecule has 6 rings (SSSR count). The van der Waals surface area contributed by atoms with Crippen LogP contribution in [0.3, 0.4) is 0 Å². The molecule has 6 heteroatoms. The number of nitrogens with zero attached hydrogens (tertiary/aromatic N) is 4. The molecule has 2 saturated heterocycles. The molecule has 0 saturated carbocycles. The summed E-state index contributed by atoms with van der Waals surface area (Å²) in [5.41, 5.74) is 5.36. The van der Waals surface area contributed by atoms with Gasteiger partial charge in [0, 0.05) is 56.0 Å². The number of hydrogen-bond acceptors (Lipinski definition) is 3. The highest BCUT2D eigenvalue weighted by Crippen LogP contribution is 2.33. The number of amides is 1. The van der Waals surface area contributed by atoms with E-state index in [1.54, 1.807) is 12.1 Å². The van der Waals surface area contributed by atoms with Gasteiger partial charge in [0.2, 0.25) is 5.91 Å². The third-order valence-electron chi connectivity index (χ3n) is 8.01. The van der Waals surface area contributed by atoms with Crippen molar-refractivity contribution < 1.29 is 9.18 Å². The van der Waals surface area contributed by atoms with E-state index in [2.05, 4.69) is 52.4 Å². The van der Waals surface area contributed by atoms with Crippen molar-refractivity contribution >= 4 is 5.91 Å². The van der Waals surface area contributed by atoms with Gasteiger partial charge in [-0.05, 0) is 55.0 Å². The summed E-state index contributed by atoms with van der Waals surface area (Å²) in [6, 6.07) is 27.6. The largest absolute Gasteiger partial charge is 0.339 e. The molecule has 0 N–H and O–H groups in total. The second kappa shape index (κ2) is 10.9. The van der Waals surface area contributed by atoms with Gasteiger partial charge in [0.25, 0.3) is 0 Å². The summed E-state index contributed by atoms with van der Waals surface area (Å²) in [4.78, 5) is 17.5. The normalized spacial score (nSPS) is 19.9. The average molecular weight is 509 g/mol. The first-order chi connectivity index (χ1) is 18.6. The van der Waals surface area contributed by atoms with Gasteiger partial charge in [-0.15, -0.1) is 0 Å². The van der Waals surface area contributed by atoms with Crippen molar-refractivity contribution in [3.05, 3.63) is 108 Å². The number of aromatic nitrogens is 2. The van der Waals surface area contributed by atoms with Crippen LogP contribution in [-0.2, 0) is 17.8 Å². The van der Waals surface area contributed by atoms with Gasteiger partial charge in [0.1, 0.15) is 5.82 Å². The minimum Gasteiger partial charge on any atom is -0.339 e. The topological polar surface area (TPSA) is 41.4 Å². The van der Waals surface area contributed by atoms with Crippen molar-refractivity contribution in [2.24, 2.45) is 5.92 Å². The van der Waals surface area contributed by atoms with E-state index in [0.717, 1.165) is 55.0 Å². The molecule has 0 bridgehead atoms. The highest BCUT2D eigenvalue weighted by molar-refractivity contribution is 5.77. The number of likely N-dealkylation sites (tertiary alicyclic amines) is 2. The van der Waals surface area contributed by atoms with Gasteiger partial charge < -0.3 is 4.90 Å².